The van der Waals surface area contributed by atoms with E-state index in [-0.39, 0.29) is 24.9 Å². The van der Waals surface area contributed by atoms with Gasteiger partial charge in [-0.25, -0.2) is 0 Å². The van der Waals surface area contributed by atoms with Crippen LogP contribution >= 0.6 is 11.6 Å². The molecular weight excluding hydrogens is 294 g/mol. The van der Waals surface area contributed by atoms with Crippen molar-refractivity contribution >= 4 is 29.6 Å². The molecular formula is C15H16ClNO4. The summed E-state index contributed by atoms with van der Waals surface area (Å²) in [7, 11) is 0. The van der Waals surface area contributed by atoms with Crippen LogP contribution in [0.4, 0.5) is 0 Å². The fraction of sp³-hybridized carbons (Fsp3) is 0.333. The van der Waals surface area contributed by atoms with Crippen LogP contribution < -0.4 is 10.1 Å². The van der Waals surface area contributed by atoms with Crippen molar-refractivity contribution in [1.82, 2.24) is 5.32 Å². The van der Waals surface area contributed by atoms with Crippen molar-refractivity contribution in [1.29, 1.82) is 0 Å². The Hall–Kier alpha value is -2.01. The second-order valence-corrected chi connectivity index (χ2v) is 5.49. The molecule has 0 saturated carbocycles. The number of nitrogens with one attached hydrogen (secondary N) is 1. The molecule has 6 heteroatoms. The largest absolute Gasteiger partial charge is 0.488 e. The van der Waals surface area contributed by atoms with Gasteiger partial charge in [-0.05, 0) is 30.2 Å². The molecule has 21 heavy (non-hydrogen) atoms. The molecule has 1 aliphatic rings. The number of halogens is 1. The maximum atomic E-state index is 12.0. The third kappa shape index (κ3) is 4.23. The van der Waals surface area contributed by atoms with Crippen LogP contribution in [0.15, 0.2) is 23.8 Å². The van der Waals surface area contributed by atoms with Gasteiger partial charge in [-0.2, -0.15) is 0 Å². The zero-order valence-electron chi connectivity index (χ0n) is 11.6. The molecule has 0 saturated heterocycles. The van der Waals surface area contributed by atoms with Gasteiger partial charge in [0, 0.05) is 23.6 Å². The number of rotatable bonds is 5. The maximum Gasteiger partial charge on any atom is 0.303 e. The number of carbonyl (C=O) groups is 2. The Morgan fingerprint density at radius 2 is 2.24 bits per heavy atom. The lowest BCUT2D eigenvalue weighted by Gasteiger charge is -2.18. The number of amides is 1. The Morgan fingerprint density at radius 1 is 1.48 bits per heavy atom. The van der Waals surface area contributed by atoms with Gasteiger partial charge in [0.1, 0.15) is 12.4 Å². The molecule has 2 rings (SSSR count). The summed E-state index contributed by atoms with van der Waals surface area (Å²) < 4.78 is 5.50. The summed E-state index contributed by atoms with van der Waals surface area (Å²) >= 11 is 5.91. The van der Waals surface area contributed by atoms with Crippen LogP contribution in [0.5, 0.6) is 5.75 Å². The lowest BCUT2D eigenvalue weighted by atomic mass is 10.1. The Bertz CT molecular complexity index is 597. The first-order chi connectivity index (χ1) is 9.95. The first-order valence-electron chi connectivity index (χ1n) is 6.58. The number of carbonyl (C=O) groups excluding carboxylic acids is 1. The fourth-order valence-corrected chi connectivity index (χ4v) is 2.21. The van der Waals surface area contributed by atoms with E-state index in [1.807, 2.05) is 0 Å². The van der Waals surface area contributed by atoms with Crippen molar-refractivity contribution in [2.45, 2.75) is 13.3 Å². The first kappa shape index (κ1) is 15.4. The predicted octanol–water partition coefficient (Wildman–Crippen LogP) is 2.34. The summed E-state index contributed by atoms with van der Waals surface area (Å²) in [5.41, 5.74) is 1.25. The summed E-state index contributed by atoms with van der Waals surface area (Å²) in [5, 5.41) is 12.0. The standard InChI is InChI=1S/C15H16ClNO4/c1-9(4-14(18)19)7-17-15(20)11-5-10-6-12(16)2-3-13(10)21-8-11/h2-3,5-6,9H,4,7-8H2,1H3,(H,17,20)(H,18,19). The second kappa shape index (κ2) is 6.63. The maximum absolute atomic E-state index is 12.0. The van der Waals surface area contributed by atoms with Crippen molar-refractivity contribution < 1.29 is 19.4 Å². The minimum absolute atomic E-state index is 0.0221. The van der Waals surface area contributed by atoms with E-state index >= 15 is 0 Å². The molecule has 0 spiro atoms. The van der Waals surface area contributed by atoms with Crippen LogP contribution in [0.3, 0.4) is 0 Å². The van der Waals surface area contributed by atoms with E-state index in [4.69, 9.17) is 21.4 Å². The molecule has 0 radical (unpaired) electrons. The summed E-state index contributed by atoms with van der Waals surface area (Å²) in [4.78, 5) is 22.6. The van der Waals surface area contributed by atoms with E-state index in [9.17, 15) is 9.59 Å². The predicted molar refractivity (Wildman–Crippen MR) is 79.4 cm³/mol. The van der Waals surface area contributed by atoms with Gasteiger partial charge in [-0.3, -0.25) is 9.59 Å². The first-order valence-corrected chi connectivity index (χ1v) is 6.96. The van der Waals surface area contributed by atoms with Crippen LogP contribution in [0.2, 0.25) is 5.02 Å². The topological polar surface area (TPSA) is 75.6 Å². The molecule has 1 aromatic rings. The zero-order valence-corrected chi connectivity index (χ0v) is 12.3. The van der Waals surface area contributed by atoms with Crippen molar-refractivity contribution in [2.24, 2.45) is 5.92 Å². The summed E-state index contributed by atoms with van der Waals surface area (Å²) in [6.45, 7) is 2.27. The van der Waals surface area contributed by atoms with Crippen molar-refractivity contribution in [2.75, 3.05) is 13.2 Å². The van der Waals surface area contributed by atoms with Crippen LogP contribution in [-0.2, 0) is 9.59 Å². The van der Waals surface area contributed by atoms with E-state index < -0.39 is 5.97 Å². The summed E-state index contributed by atoms with van der Waals surface area (Å²) in [5.74, 6) is -0.563. The SMILES string of the molecule is CC(CNC(=O)C1=Cc2cc(Cl)ccc2OC1)CC(=O)O. The number of carboxylic acids is 1. The highest BCUT2D eigenvalue weighted by Crippen LogP contribution is 2.28. The van der Waals surface area contributed by atoms with Crippen molar-refractivity contribution in [3.05, 3.63) is 34.4 Å². The number of aliphatic carboxylic acids is 1. The average molecular weight is 310 g/mol. The van der Waals surface area contributed by atoms with E-state index in [1.54, 1.807) is 31.2 Å². The Kier molecular flexibility index (Phi) is 4.85. The zero-order chi connectivity index (χ0) is 15.4. The molecule has 1 aliphatic heterocycles. The highest BCUT2D eigenvalue weighted by atomic mass is 35.5. The second-order valence-electron chi connectivity index (χ2n) is 5.05. The quantitative estimate of drug-likeness (QED) is 0.875. The van der Waals surface area contributed by atoms with E-state index in [0.717, 1.165) is 5.56 Å². The van der Waals surface area contributed by atoms with Gasteiger partial charge in [-0.1, -0.05) is 18.5 Å². The number of hydrogen-bond donors (Lipinski definition) is 2. The molecule has 112 valence electrons. The molecule has 1 atom stereocenters. The number of fused-ring (bicyclic) bond motifs is 1. The van der Waals surface area contributed by atoms with Crippen LogP contribution in [0.25, 0.3) is 6.08 Å². The normalized spacial score (nSPS) is 14.5. The monoisotopic (exact) mass is 309 g/mol. The average Bonchev–Trinajstić information content (AvgIpc) is 2.43. The fourth-order valence-electron chi connectivity index (χ4n) is 2.03. The smallest absolute Gasteiger partial charge is 0.303 e. The molecule has 0 fully saturated rings. The molecule has 1 amide bonds. The molecule has 5 nitrogen and oxygen atoms in total. The van der Waals surface area contributed by atoms with Crippen LogP contribution in [-0.4, -0.2) is 30.1 Å². The summed E-state index contributed by atoms with van der Waals surface area (Å²) in [6, 6.07) is 5.22. The van der Waals surface area contributed by atoms with Crippen molar-refractivity contribution in [3.8, 4) is 5.75 Å². The van der Waals surface area contributed by atoms with Gasteiger partial charge >= 0.3 is 5.97 Å². The third-order valence-corrected chi connectivity index (χ3v) is 3.35. The van der Waals surface area contributed by atoms with Crippen LogP contribution in [0, 0.1) is 5.92 Å². The van der Waals surface area contributed by atoms with Crippen molar-refractivity contribution in [3.63, 3.8) is 0 Å². The highest BCUT2D eigenvalue weighted by Gasteiger charge is 2.18. The molecule has 1 unspecified atom stereocenters. The highest BCUT2D eigenvalue weighted by molar-refractivity contribution is 6.30. The van der Waals surface area contributed by atoms with Gasteiger partial charge in [-0.15, -0.1) is 0 Å². The van der Waals surface area contributed by atoms with E-state index in [2.05, 4.69) is 5.32 Å². The number of carboxylic acid groups (broad SMARTS) is 1. The van der Waals surface area contributed by atoms with E-state index in [0.29, 0.717) is 22.9 Å². The van der Waals surface area contributed by atoms with E-state index in [1.165, 1.54) is 0 Å². The Morgan fingerprint density at radius 3 is 2.95 bits per heavy atom. The van der Waals surface area contributed by atoms with Gasteiger partial charge < -0.3 is 15.2 Å². The molecule has 0 aliphatic carbocycles. The Labute approximate surface area is 127 Å². The molecule has 0 aromatic heterocycles. The lowest BCUT2D eigenvalue weighted by molar-refractivity contribution is -0.138. The molecule has 2 N–H and O–H groups in total. The van der Waals surface area contributed by atoms with Gasteiger partial charge in [0.15, 0.2) is 0 Å². The van der Waals surface area contributed by atoms with Gasteiger partial charge in [0.25, 0.3) is 5.91 Å². The third-order valence-electron chi connectivity index (χ3n) is 3.11. The van der Waals surface area contributed by atoms with Gasteiger partial charge in [0.2, 0.25) is 0 Å². The molecule has 0 bridgehead atoms. The minimum atomic E-state index is -0.875. The molecule has 1 aromatic carbocycles. The summed E-state index contributed by atoms with van der Waals surface area (Å²) in [6.07, 6.45) is 1.76. The number of benzene rings is 1. The lowest BCUT2D eigenvalue weighted by Crippen LogP contribution is -2.32. The Balaban J connectivity index is 1.99. The van der Waals surface area contributed by atoms with Gasteiger partial charge in [0.05, 0.1) is 5.57 Å². The minimum Gasteiger partial charge on any atom is -0.488 e. The number of ether oxygens (including phenoxy) is 1. The molecule has 1 heterocycles. The van der Waals surface area contributed by atoms with Crippen LogP contribution in [0.1, 0.15) is 18.9 Å². The number of hydrogen-bond acceptors (Lipinski definition) is 3.